The molecule has 7 heteroatoms. The highest BCUT2D eigenvalue weighted by molar-refractivity contribution is 7.32. The lowest BCUT2D eigenvalue weighted by Crippen LogP contribution is -2.28. The van der Waals surface area contributed by atoms with Crippen LogP contribution in [0.4, 0.5) is 0 Å². The second-order valence-corrected chi connectivity index (χ2v) is 4.21. The van der Waals surface area contributed by atoms with Gasteiger partial charge in [0.15, 0.2) is 6.73 Å². The van der Waals surface area contributed by atoms with E-state index in [9.17, 15) is 4.57 Å². The van der Waals surface area contributed by atoms with Gasteiger partial charge in [-0.25, -0.2) is 0 Å². The van der Waals surface area contributed by atoms with Crippen LogP contribution in [0.2, 0.25) is 0 Å². The molecule has 0 fully saturated rings. The van der Waals surface area contributed by atoms with Crippen LogP contribution in [0.25, 0.3) is 0 Å². The fourth-order valence-corrected chi connectivity index (χ4v) is 1.53. The molecule has 0 aliphatic heterocycles. The Hall–Kier alpha value is -0.100. The van der Waals surface area contributed by atoms with Gasteiger partial charge in [-0.3, -0.25) is 4.90 Å². The molecule has 0 aliphatic rings. The van der Waals surface area contributed by atoms with E-state index in [1.807, 2.05) is 4.90 Å². The van der Waals surface area contributed by atoms with Crippen LogP contribution in [0.1, 0.15) is 25.7 Å². The van der Waals surface area contributed by atoms with Crippen LogP contribution in [0.5, 0.6) is 0 Å². The first kappa shape index (κ1) is 15.9. The Morgan fingerprint density at radius 2 is 1.50 bits per heavy atom. The fraction of sp³-hybridized carbons (Fsp3) is 1.00. The Balaban J connectivity index is 3.71. The van der Waals surface area contributed by atoms with E-state index in [0.717, 1.165) is 25.9 Å². The third kappa shape index (κ3) is 10.4. The molecule has 0 radical (unpaired) electrons. The van der Waals surface area contributed by atoms with Gasteiger partial charge < -0.3 is 10.2 Å². The lowest BCUT2D eigenvalue weighted by Gasteiger charge is -2.18. The van der Waals surface area contributed by atoms with Crippen molar-refractivity contribution in [3.63, 3.8) is 0 Å². The highest BCUT2D eigenvalue weighted by Gasteiger charge is 2.15. The number of aliphatic hydroxyl groups is 2. The molecule has 0 amide bonds. The van der Waals surface area contributed by atoms with E-state index in [-0.39, 0.29) is 19.9 Å². The minimum Gasteiger partial charge on any atom is -0.396 e. The number of aliphatic hydroxyl groups excluding tert-OH is 2. The van der Waals surface area contributed by atoms with Gasteiger partial charge in [0.25, 0.3) is 0 Å². The summed E-state index contributed by atoms with van der Waals surface area (Å²) in [4.78, 5) is 10.4. The molecule has 6 nitrogen and oxygen atoms in total. The van der Waals surface area contributed by atoms with Crippen molar-refractivity contribution in [1.82, 2.24) is 4.90 Å². The molecule has 3 N–H and O–H groups in total. The second kappa shape index (κ2) is 11.4. The van der Waals surface area contributed by atoms with Gasteiger partial charge in [0.2, 0.25) is 0 Å². The maximum absolute atomic E-state index is 10.4. The Labute approximate surface area is 96.8 Å². The van der Waals surface area contributed by atoms with E-state index in [1.54, 1.807) is 0 Å². The average molecular weight is 254 g/mol. The number of hydrogen-bond donors (Lipinski definition) is 3. The smallest absolute Gasteiger partial charge is 0.396 e. The molecule has 0 saturated heterocycles. The van der Waals surface area contributed by atoms with Crippen molar-refractivity contribution >= 4 is 8.25 Å². The summed E-state index contributed by atoms with van der Waals surface area (Å²) in [5.41, 5.74) is 0. The third-order valence-corrected chi connectivity index (χ3v) is 2.45. The summed E-state index contributed by atoms with van der Waals surface area (Å²) >= 11 is 0. The molecule has 16 heavy (non-hydrogen) atoms. The molecule has 0 heterocycles. The number of hydrogen-bond acceptors (Lipinski definition) is 5. The molecule has 0 rings (SSSR count). The highest BCUT2D eigenvalue weighted by Crippen LogP contribution is 2.15. The normalized spacial score (nSPS) is 12.1. The highest BCUT2D eigenvalue weighted by atomic mass is 31.1. The third-order valence-electron chi connectivity index (χ3n) is 2.12. The molecule has 0 aromatic carbocycles. The van der Waals surface area contributed by atoms with Crippen molar-refractivity contribution in [3.8, 4) is 0 Å². The molecule has 0 aromatic heterocycles. The summed E-state index contributed by atoms with van der Waals surface area (Å²) in [5, 5.41) is 17.3. The van der Waals surface area contributed by atoms with Crippen molar-refractivity contribution in [3.05, 3.63) is 0 Å². The second-order valence-electron chi connectivity index (χ2n) is 3.48. The van der Waals surface area contributed by atoms with Crippen LogP contribution in [-0.2, 0) is 9.09 Å². The summed E-state index contributed by atoms with van der Waals surface area (Å²) in [6.45, 7) is 1.85. The molecular weight excluding hydrogens is 233 g/mol. The van der Waals surface area contributed by atoms with E-state index in [2.05, 4.69) is 4.52 Å². The summed E-state index contributed by atoms with van der Waals surface area (Å²) < 4.78 is 15.0. The Bertz CT molecular complexity index is 171. The minimum absolute atomic E-state index is 0.114. The predicted molar refractivity (Wildman–Crippen MR) is 60.0 cm³/mol. The van der Waals surface area contributed by atoms with Crippen molar-refractivity contribution in [2.24, 2.45) is 0 Å². The largest absolute Gasteiger partial charge is 0.696 e. The first-order valence-electron chi connectivity index (χ1n) is 5.43. The zero-order chi connectivity index (χ0) is 12.2. The summed E-state index contributed by atoms with van der Waals surface area (Å²) in [6.07, 6.45) is 3.06. The number of nitrogens with zero attached hydrogens (tertiary/aromatic N) is 1. The van der Waals surface area contributed by atoms with Crippen LogP contribution in [-0.4, -0.2) is 53.0 Å². The first-order chi connectivity index (χ1) is 7.70. The Morgan fingerprint density at radius 3 is 1.88 bits per heavy atom. The van der Waals surface area contributed by atoms with Gasteiger partial charge in [0, 0.05) is 30.9 Å². The summed E-state index contributed by atoms with van der Waals surface area (Å²) in [5.74, 6) is 0. The lowest BCUT2D eigenvalue weighted by atomic mass is 10.2. The van der Waals surface area contributed by atoms with E-state index in [0.29, 0.717) is 12.8 Å². The molecule has 1 atom stereocenters. The van der Waals surface area contributed by atoms with Gasteiger partial charge in [-0.05, 0) is 25.7 Å². The quantitative estimate of drug-likeness (QED) is 0.282. The van der Waals surface area contributed by atoms with Gasteiger partial charge in [-0.1, -0.05) is 0 Å². The molecule has 0 aliphatic carbocycles. The Morgan fingerprint density at radius 1 is 1.00 bits per heavy atom. The molecule has 0 aromatic rings. The lowest BCUT2D eigenvalue weighted by molar-refractivity contribution is 0.113. The maximum Gasteiger partial charge on any atom is 0.696 e. The molecule has 0 saturated carbocycles. The van der Waals surface area contributed by atoms with Crippen LogP contribution in [0, 0.1) is 0 Å². The van der Waals surface area contributed by atoms with Gasteiger partial charge in [-0.15, -0.1) is 9.42 Å². The van der Waals surface area contributed by atoms with Crippen LogP contribution >= 0.6 is 8.25 Å². The molecule has 0 spiro atoms. The number of rotatable bonds is 11. The first-order valence-corrected chi connectivity index (χ1v) is 6.57. The standard InChI is InChI=1S/C9H20NO5P/c11-7-3-1-5-10(6-2-4-8-12)9-15-16(13)14/h11-12H,1-9H2/p+1. The van der Waals surface area contributed by atoms with Crippen LogP contribution in [0.15, 0.2) is 0 Å². The molecule has 1 unspecified atom stereocenters. The SMILES string of the molecule is O=[P+](O)OCN(CCCCO)CCCCO. The Kier molecular flexibility index (Phi) is 11.3. The van der Waals surface area contributed by atoms with Crippen molar-refractivity contribution in [2.45, 2.75) is 25.7 Å². The zero-order valence-corrected chi connectivity index (χ0v) is 10.3. The monoisotopic (exact) mass is 254 g/mol. The number of unbranched alkanes of at least 4 members (excludes halogenated alkanes) is 2. The maximum atomic E-state index is 10.4. The van der Waals surface area contributed by atoms with Crippen molar-refractivity contribution in [1.29, 1.82) is 0 Å². The van der Waals surface area contributed by atoms with E-state index in [1.165, 1.54) is 0 Å². The molecule has 96 valence electrons. The van der Waals surface area contributed by atoms with Crippen molar-refractivity contribution in [2.75, 3.05) is 33.0 Å². The minimum atomic E-state index is -2.56. The van der Waals surface area contributed by atoms with E-state index < -0.39 is 8.25 Å². The van der Waals surface area contributed by atoms with Gasteiger partial charge in [-0.2, -0.15) is 0 Å². The van der Waals surface area contributed by atoms with Crippen molar-refractivity contribution < 1.29 is 24.2 Å². The predicted octanol–water partition coefficient (Wildman–Crippen LogP) is 0.457. The van der Waals surface area contributed by atoms with Gasteiger partial charge >= 0.3 is 8.25 Å². The van der Waals surface area contributed by atoms with E-state index in [4.69, 9.17) is 15.1 Å². The average Bonchev–Trinajstić information content (AvgIpc) is 2.25. The summed E-state index contributed by atoms with van der Waals surface area (Å²) in [7, 11) is -2.56. The summed E-state index contributed by atoms with van der Waals surface area (Å²) in [6, 6.07) is 0. The van der Waals surface area contributed by atoms with E-state index >= 15 is 0 Å². The van der Waals surface area contributed by atoms with Crippen LogP contribution < -0.4 is 0 Å². The van der Waals surface area contributed by atoms with Gasteiger partial charge in [0.05, 0.1) is 0 Å². The molecule has 0 bridgehead atoms. The van der Waals surface area contributed by atoms with Crippen LogP contribution in [0.3, 0.4) is 0 Å². The molecular formula is C9H21NO5P+. The topological polar surface area (TPSA) is 90.2 Å². The van der Waals surface area contributed by atoms with Gasteiger partial charge in [0.1, 0.15) is 0 Å². The zero-order valence-electron chi connectivity index (χ0n) is 9.42. The fourth-order valence-electron chi connectivity index (χ4n) is 1.27.